The Hall–Kier alpha value is -3.16. The zero-order chi connectivity index (χ0) is 24.2. The number of thioether (sulfide) groups is 1. The molecule has 10 heteroatoms. The minimum Gasteiger partial charge on any atom is -0.465 e. The number of aryl methyl sites for hydroxylation is 1. The van der Waals surface area contributed by atoms with Crippen molar-refractivity contribution in [1.82, 2.24) is 10.2 Å². The second-order valence-electron chi connectivity index (χ2n) is 7.86. The van der Waals surface area contributed by atoms with E-state index in [1.165, 1.54) is 28.7 Å². The number of anilines is 1. The molecule has 0 amide bonds. The summed E-state index contributed by atoms with van der Waals surface area (Å²) >= 11 is 2.50. The molecule has 176 valence electrons. The van der Waals surface area contributed by atoms with Crippen LogP contribution in [0.25, 0.3) is 0 Å². The van der Waals surface area contributed by atoms with Gasteiger partial charge in [0.25, 0.3) is 0 Å². The minimum atomic E-state index is -0.500. The van der Waals surface area contributed by atoms with E-state index in [0.717, 1.165) is 17.7 Å². The van der Waals surface area contributed by atoms with Crippen LogP contribution in [-0.2, 0) is 20.7 Å². The molecule has 0 saturated heterocycles. The fourth-order valence-electron chi connectivity index (χ4n) is 4.26. The third kappa shape index (κ3) is 4.58. The molecule has 2 aliphatic rings. The first-order valence-electron chi connectivity index (χ1n) is 11.1. The van der Waals surface area contributed by atoms with Gasteiger partial charge < -0.3 is 10.5 Å². The number of hydrogen-bond donors (Lipinski definition) is 1. The number of nitriles is 1. The molecule has 1 atom stereocenters. The van der Waals surface area contributed by atoms with Gasteiger partial charge in [-0.25, -0.2) is 0 Å². The van der Waals surface area contributed by atoms with E-state index in [9.17, 15) is 14.9 Å². The summed E-state index contributed by atoms with van der Waals surface area (Å²) in [5.74, 6) is -0.413. The monoisotopic (exact) mass is 495 g/mol. The van der Waals surface area contributed by atoms with Crippen molar-refractivity contribution in [3.8, 4) is 6.07 Å². The number of carbonyl (C=O) groups excluding carboxylic acids is 2. The topological polar surface area (TPSA) is 122 Å². The highest BCUT2D eigenvalue weighted by Crippen LogP contribution is 2.47. The maximum atomic E-state index is 13.2. The average molecular weight is 496 g/mol. The number of nitrogens with two attached hydrogens (primary N) is 1. The van der Waals surface area contributed by atoms with Gasteiger partial charge >= 0.3 is 5.97 Å². The van der Waals surface area contributed by atoms with E-state index in [2.05, 4.69) is 23.2 Å². The van der Waals surface area contributed by atoms with Crippen LogP contribution in [0.5, 0.6) is 0 Å². The van der Waals surface area contributed by atoms with Gasteiger partial charge in [0.1, 0.15) is 5.82 Å². The standard InChI is InChI=1S/C24H25N5O3S2/c1-3-14-8-10-15(11-9-14)20-16(12-25)22(26)29(17-6-5-7-18(30)21(17)20)23-27-28-24(34-23)33-13-19(31)32-4-2/h8-11,20H,3-7,13,26H2,1-2H3. The number of ketones is 1. The Labute approximate surface area is 206 Å². The maximum absolute atomic E-state index is 13.2. The Morgan fingerprint density at radius 3 is 2.74 bits per heavy atom. The molecule has 2 heterocycles. The smallest absolute Gasteiger partial charge is 0.316 e. The minimum absolute atomic E-state index is 0.0255. The van der Waals surface area contributed by atoms with Crippen molar-refractivity contribution < 1.29 is 14.3 Å². The van der Waals surface area contributed by atoms with Crippen LogP contribution < -0.4 is 10.6 Å². The van der Waals surface area contributed by atoms with Crippen LogP contribution in [0, 0.1) is 11.3 Å². The Morgan fingerprint density at radius 1 is 1.29 bits per heavy atom. The molecule has 1 aromatic carbocycles. The number of hydrogen-bond acceptors (Lipinski definition) is 10. The summed E-state index contributed by atoms with van der Waals surface area (Å²) in [5.41, 5.74) is 10.3. The number of allylic oxidation sites excluding steroid dienone is 3. The van der Waals surface area contributed by atoms with E-state index in [4.69, 9.17) is 10.5 Å². The summed E-state index contributed by atoms with van der Waals surface area (Å²) in [6, 6.07) is 10.3. The zero-order valence-electron chi connectivity index (χ0n) is 19.0. The summed E-state index contributed by atoms with van der Waals surface area (Å²) in [5, 5.41) is 19.0. The molecule has 0 radical (unpaired) electrons. The SMILES string of the molecule is CCOC(=O)CSc1nnc(N2C(N)=C(C#N)C(c3ccc(CC)cc3)C3=C2CCCC3=O)s1. The Kier molecular flexibility index (Phi) is 7.34. The molecule has 0 spiro atoms. The summed E-state index contributed by atoms with van der Waals surface area (Å²) in [6.07, 6.45) is 2.69. The molecule has 4 rings (SSSR count). The van der Waals surface area contributed by atoms with Crippen molar-refractivity contribution in [2.75, 3.05) is 17.3 Å². The van der Waals surface area contributed by atoms with Crippen LogP contribution in [0.2, 0.25) is 0 Å². The van der Waals surface area contributed by atoms with Crippen molar-refractivity contribution in [2.45, 2.75) is 49.8 Å². The highest BCUT2D eigenvalue weighted by Gasteiger charge is 2.41. The number of Topliss-reactive ketones (excluding diaryl/α,β-unsaturated/α-hetero) is 1. The fraction of sp³-hybridized carbons (Fsp3) is 0.375. The predicted octanol–water partition coefficient (Wildman–Crippen LogP) is 4.06. The molecular weight excluding hydrogens is 470 g/mol. The van der Waals surface area contributed by atoms with Crippen molar-refractivity contribution in [2.24, 2.45) is 5.73 Å². The number of nitrogens with zero attached hydrogens (tertiary/aromatic N) is 4. The molecular formula is C24H25N5O3S2. The predicted molar refractivity (Wildman–Crippen MR) is 131 cm³/mol. The number of carbonyl (C=O) groups is 2. The molecule has 1 aliphatic heterocycles. The zero-order valence-corrected chi connectivity index (χ0v) is 20.7. The van der Waals surface area contributed by atoms with E-state index in [1.54, 1.807) is 11.8 Å². The molecule has 1 aromatic heterocycles. The van der Waals surface area contributed by atoms with Gasteiger partial charge in [-0.2, -0.15) is 5.26 Å². The lowest BCUT2D eigenvalue weighted by Crippen LogP contribution is -2.38. The number of benzene rings is 1. The molecule has 2 aromatic rings. The summed E-state index contributed by atoms with van der Waals surface area (Å²) in [4.78, 5) is 26.6. The fourth-order valence-corrected chi connectivity index (χ4v) is 5.94. The molecule has 1 unspecified atom stereocenters. The Balaban J connectivity index is 1.74. The lowest BCUT2D eigenvalue weighted by atomic mass is 9.75. The first-order valence-corrected chi connectivity index (χ1v) is 13.0. The number of rotatable bonds is 7. The van der Waals surface area contributed by atoms with Crippen molar-refractivity contribution in [3.63, 3.8) is 0 Å². The van der Waals surface area contributed by atoms with E-state index in [-0.39, 0.29) is 23.3 Å². The van der Waals surface area contributed by atoms with E-state index >= 15 is 0 Å². The van der Waals surface area contributed by atoms with Crippen LogP contribution in [0.1, 0.15) is 50.2 Å². The van der Waals surface area contributed by atoms with Crippen LogP contribution in [-0.4, -0.2) is 34.3 Å². The highest BCUT2D eigenvalue weighted by atomic mass is 32.2. The first-order chi connectivity index (χ1) is 16.5. The van der Waals surface area contributed by atoms with Gasteiger partial charge in [0.15, 0.2) is 10.1 Å². The van der Waals surface area contributed by atoms with Gasteiger partial charge in [-0.05, 0) is 37.3 Å². The maximum Gasteiger partial charge on any atom is 0.316 e. The second-order valence-corrected chi connectivity index (χ2v) is 10.0. The lowest BCUT2D eigenvalue weighted by molar-refractivity contribution is -0.139. The van der Waals surface area contributed by atoms with Crippen LogP contribution in [0.15, 0.2) is 51.3 Å². The molecule has 0 fully saturated rings. The van der Waals surface area contributed by atoms with Gasteiger partial charge in [-0.3, -0.25) is 14.5 Å². The van der Waals surface area contributed by atoms with Gasteiger partial charge in [-0.15, -0.1) is 10.2 Å². The largest absolute Gasteiger partial charge is 0.465 e. The number of ether oxygens (including phenoxy) is 1. The second kappa shape index (κ2) is 10.4. The van der Waals surface area contributed by atoms with Gasteiger partial charge in [-0.1, -0.05) is 54.3 Å². The number of aromatic nitrogens is 2. The summed E-state index contributed by atoms with van der Waals surface area (Å²) < 4.78 is 5.54. The third-order valence-corrected chi connectivity index (χ3v) is 7.86. The van der Waals surface area contributed by atoms with Gasteiger partial charge in [0, 0.05) is 17.7 Å². The van der Waals surface area contributed by atoms with Crippen molar-refractivity contribution in [1.29, 1.82) is 5.26 Å². The Morgan fingerprint density at radius 2 is 2.06 bits per heavy atom. The van der Waals surface area contributed by atoms with Gasteiger partial charge in [0.2, 0.25) is 5.13 Å². The molecule has 34 heavy (non-hydrogen) atoms. The molecule has 2 N–H and O–H groups in total. The molecule has 0 bridgehead atoms. The summed E-state index contributed by atoms with van der Waals surface area (Å²) in [6.45, 7) is 4.16. The Bertz CT molecular complexity index is 1210. The summed E-state index contributed by atoms with van der Waals surface area (Å²) in [7, 11) is 0. The van der Waals surface area contributed by atoms with E-state index in [1.807, 2.05) is 24.3 Å². The third-order valence-electron chi connectivity index (χ3n) is 5.84. The molecule has 1 aliphatic carbocycles. The van der Waals surface area contributed by atoms with Crippen LogP contribution in [0.3, 0.4) is 0 Å². The number of esters is 1. The van der Waals surface area contributed by atoms with Crippen LogP contribution >= 0.6 is 23.1 Å². The lowest BCUT2D eigenvalue weighted by Gasteiger charge is -2.38. The molecule has 0 saturated carbocycles. The quantitative estimate of drug-likeness (QED) is 0.447. The highest BCUT2D eigenvalue weighted by molar-refractivity contribution is 8.01. The molecule has 8 nitrogen and oxygen atoms in total. The van der Waals surface area contributed by atoms with Gasteiger partial charge in [0.05, 0.1) is 29.9 Å². The van der Waals surface area contributed by atoms with Crippen LogP contribution in [0.4, 0.5) is 5.13 Å². The van der Waals surface area contributed by atoms with Crippen molar-refractivity contribution >= 4 is 40.0 Å². The normalized spacial score (nSPS) is 18.1. The van der Waals surface area contributed by atoms with E-state index in [0.29, 0.717) is 46.5 Å². The van der Waals surface area contributed by atoms with Crippen molar-refractivity contribution in [3.05, 3.63) is 58.1 Å². The first kappa shape index (κ1) is 24.0. The van der Waals surface area contributed by atoms with E-state index < -0.39 is 5.92 Å². The average Bonchev–Trinajstić information content (AvgIpc) is 3.31.